The predicted molar refractivity (Wildman–Crippen MR) is 102 cm³/mol. The summed E-state index contributed by atoms with van der Waals surface area (Å²) in [4.78, 5) is 34.9. The van der Waals surface area contributed by atoms with E-state index in [4.69, 9.17) is 14.1 Å². The molecule has 2 aromatic carbocycles. The number of carbonyl (C=O) groups is 2. The van der Waals surface area contributed by atoms with Gasteiger partial charge in [0.2, 0.25) is 0 Å². The summed E-state index contributed by atoms with van der Waals surface area (Å²) in [6.45, 7) is 0. The summed E-state index contributed by atoms with van der Waals surface area (Å²) in [6.07, 6.45) is 0.679. The fourth-order valence-corrected chi connectivity index (χ4v) is 2.72. The number of carbonyl (C=O) groups excluding carboxylic acids is 1. The van der Waals surface area contributed by atoms with Crippen molar-refractivity contribution in [1.29, 1.82) is 0 Å². The van der Waals surface area contributed by atoms with E-state index in [0.29, 0.717) is 4.74 Å². The van der Waals surface area contributed by atoms with Gasteiger partial charge in [-0.25, -0.2) is 4.79 Å². The van der Waals surface area contributed by atoms with Crippen LogP contribution in [0.4, 0.5) is 4.79 Å². The minimum Gasteiger partial charge on any atom is -0.475 e. The Morgan fingerprint density at radius 3 is 2.00 bits per heavy atom. The van der Waals surface area contributed by atoms with Gasteiger partial charge in [-0.05, 0) is 23.3 Å². The maximum atomic E-state index is 12.6. The van der Waals surface area contributed by atoms with E-state index < -0.39 is 23.8 Å². The molecule has 2 N–H and O–H groups in total. The van der Waals surface area contributed by atoms with Crippen LogP contribution in [0.2, 0.25) is 0 Å². The molecular weight excluding hydrogens is 376 g/mol. The van der Waals surface area contributed by atoms with Crippen molar-refractivity contribution in [3.63, 3.8) is 0 Å². The molecule has 0 unspecified atom stereocenters. The third-order valence-corrected chi connectivity index (χ3v) is 4.00. The third kappa shape index (κ3) is 4.69. The Morgan fingerprint density at radius 2 is 1.55 bits per heavy atom. The van der Waals surface area contributed by atoms with Crippen LogP contribution in [0, 0.1) is 0 Å². The Balaban J connectivity index is 1.88. The molecule has 148 valence electrons. The summed E-state index contributed by atoms with van der Waals surface area (Å²) in [5.74, 6) is -1.45. The van der Waals surface area contributed by atoms with Gasteiger partial charge in [-0.2, -0.15) is 9.63 Å². The zero-order valence-electron chi connectivity index (χ0n) is 15.5. The fourth-order valence-electron chi connectivity index (χ4n) is 2.72. The van der Waals surface area contributed by atoms with Crippen molar-refractivity contribution in [2.24, 2.45) is 0 Å². The molecule has 3 aromatic rings. The van der Waals surface area contributed by atoms with Crippen LogP contribution < -0.4 is 5.48 Å². The van der Waals surface area contributed by atoms with Crippen molar-refractivity contribution in [1.82, 2.24) is 5.48 Å². The van der Waals surface area contributed by atoms with Gasteiger partial charge in [0.25, 0.3) is 0 Å². The van der Waals surface area contributed by atoms with Crippen LogP contribution in [0.3, 0.4) is 0 Å². The van der Waals surface area contributed by atoms with Crippen molar-refractivity contribution in [3.05, 3.63) is 95.9 Å². The van der Waals surface area contributed by atoms with Crippen LogP contribution in [0.5, 0.6) is 0 Å². The molecule has 0 aliphatic carbocycles. The largest absolute Gasteiger partial charge is 0.562 e. The van der Waals surface area contributed by atoms with Crippen LogP contribution in [0.1, 0.15) is 23.0 Å². The quantitative estimate of drug-likeness (QED) is 0.362. The first-order chi connectivity index (χ1) is 14.1. The molecule has 0 saturated heterocycles. The lowest BCUT2D eigenvalue weighted by Gasteiger charge is -2.15. The highest BCUT2D eigenvalue weighted by atomic mass is 16.7. The number of nitrogens with one attached hydrogen (secondary N) is 1. The third-order valence-electron chi connectivity index (χ3n) is 4.00. The fraction of sp³-hybridized carbons (Fsp3) is 0.0952. The molecule has 8 heteroatoms. The summed E-state index contributed by atoms with van der Waals surface area (Å²) in [5, 5.41) is 9.49. The van der Waals surface area contributed by atoms with Crippen molar-refractivity contribution >= 4 is 17.7 Å². The predicted octanol–water partition coefficient (Wildman–Crippen LogP) is 3.16. The van der Waals surface area contributed by atoms with Gasteiger partial charge in [0, 0.05) is 4.74 Å². The first kappa shape index (κ1) is 19.8. The average Bonchev–Trinajstić information content (AvgIpc) is 3.27. The molecule has 0 aliphatic heterocycles. The van der Waals surface area contributed by atoms with Gasteiger partial charge in [0.15, 0.2) is 11.9 Å². The number of furan rings is 1. The molecule has 0 atom stereocenters. The number of amides is 2. The van der Waals surface area contributed by atoms with E-state index in [1.165, 1.54) is 18.4 Å². The van der Waals surface area contributed by atoms with Gasteiger partial charge in [-0.3, -0.25) is 0 Å². The second-order valence-corrected chi connectivity index (χ2v) is 5.83. The van der Waals surface area contributed by atoms with Crippen LogP contribution in [-0.2, 0) is 14.5 Å². The number of nitrogens with zero attached hydrogens (tertiary/aromatic N) is 1. The number of aliphatic carboxylic acids is 1. The lowest BCUT2D eigenvalue weighted by Crippen LogP contribution is -2.40. The molecule has 2 amide bonds. The Hall–Kier alpha value is -3.91. The number of hydrogen-bond acceptors (Lipinski definition) is 5. The average molecular weight is 395 g/mol. The maximum absolute atomic E-state index is 12.6. The van der Waals surface area contributed by atoms with E-state index in [2.05, 4.69) is 5.48 Å². The molecule has 29 heavy (non-hydrogen) atoms. The standard InChI is InChI=1S/C21H18N2O6/c1-27-23(18(20(24)25)17-13-8-14-28-17)21(26)22-29-19(15-9-4-2-5-10-15)16-11-6-3-7-12-16/h2-14,19H,1H3,(H-,22,24,25,26)/p+1. The molecule has 1 heterocycles. The van der Waals surface area contributed by atoms with E-state index >= 15 is 0 Å². The number of carboxylic acid groups (broad SMARTS) is 1. The normalized spacial score (nSPS) is 11.7. The highest BCUT2D eigenvalue weighted by Gasteiger charge is 2.33. The molecule has 3 rings (SSSR count). The molecule has 0 radical (unpaired) electrons. The second-order valence-electron chi connectivity index (χ2n) is 5.83. The van der Waals surface area contributed by atoms with Crippen LogP contribution in [-0.4, -0.2) is 34.7 Å². The van der Waals surface area contributed by atoms with Gasteiger partial charge >= 0.3 is 17.7 Å². The summed E-state index contributed by atoms with van der Waals surface area (Å²) >= 11 is 0. The highest BCUT2D eigenvalue weighted by molar-refractivity contribution is 6.39. The van der Waals surface area contributed by atoms with Gasteiger partial charge in [0.1, 0.15) is 7.11 Å². The maximum Gasteiger partial charge on any atom is 0.562 e. The molecule has 0 aliphatic rings. The first-order valence-electron chi connectivity index (χ1n) is 8.65. The minimum atomic E-state index is -1.40. The number of carboxylic acids is 1. The summed E-state index contributed by atoms with van der Waals surface area (Å²) in [5.41, 5.74) is 3.38. The lowest BCUT2D eigenvalue weighted by molar-refractivity contribution is -0.708. The van der Waals surface area contributed by atoms with Crippen molar-refractivity contribution in [2.75, 3.05) is 7.11 Å². The van der Waals surface area contributed by atoms with E-state index in [1.807, 2.05) is 60.7 Å². The van der Waals surface area contributed by atoms with E-state index in [9.17, 15) is 14.7 Å². The second kappa shape index (κ2) is 9.34. The Morgan fingerprint density at radius 1 is 0.966 bits per heavy atom. The van der Waals surface area contributed by atoms with E-state index in [0.717, 1.165) is 18.2 Å². The van der Waals surface area contributed by atoms with Crippen LogP contribution in [0.25, 0.3) is 0 Å². The summed E-state index contributed by atoms with van der Waals surface area (Å²) in [7, 11) is 1.16. The molecule has 8 nitrogen and oxygen atoms in total. The smallest absolute Gasteiger partial charge is 0.475 e. The van der Waals surface area contributed by atoms with Gasteiger partial charge in [-0.15, -0.1) is 0 Å². The first-order valence-corrected chi connectivity index (χ1v) is 8.65. The number of urea groups is 1. The van der Waals surface area contributed by atoms with E-state index in [1.54, 1.807) is 0 Å². The minimum absolute atomic E-state index is 0.0443. The molecular formula is C21H19N2O6+. The molecule has 0 fully saturated rings. The Labute approximate surface area is 166 Å². The highest BCUT2D eigenvalue weighted by Crippen LogP contribution is 2.24. The zero-order chi connectivity index (χ0) is 20.6. The van der Waals surface area contributed by atoms with Crippen molar-refractivity contribution in [3.8, 4) is 0 Å². The van der Waals surface area contributed by atoms with Gasteiger partial charge < -0.3 is 14.4 Å². The SMILES string of the molecule is CO[N+](C(=O)NOC(c1ccccc1)c1ccccc1)=C(C(=O)O)c1ccco1. The van der Waals surface area contributed by atoms with Crippen LogP contribution in [0.15, 0.2) is 83.5 Å². The van der Waals surface area contributed by atoms with Crippen molar-refractivity contribution < 1.29 is 33.5 Å². The topological polar surface area (TPSA) is 101 Å². The zero-order valence-corrected chi connectivity index (χ0v) is 15.5. The summed E-state index contributed by atoms with van der Waals surface area (Å²) < 4.78 is 5.64. The Kier molecular flexibility index (Phi) is 6.39. The summed E-state index contributed by atoms with van der Waals surface area (Å²) in [6, 6.07) is 20.5. The van der Waals surface area contributed by atoms with Gasteiger partial charge in [-0.1, -0.05) is 66.1 Å². The number of hydrogen-bond donors (Lipinski definition) is 2. The number of hydroxylamine groups is 2. The lowest BCUT2D eigenvalue weighted by atomic mass is 10.0. The number of benzene rings is 2. The Bertz CT molecular complexity index is 945. The monoisotopic (exact) mass is 395 g/mol. The van der Waals surface area contributed by atoms with E-state index in [-0.39, 0.29) is 5.76 Å². The van der Waals surface area contributed by atoms with Crippen LogP contribution >= 0.6 is 0 Å². The molecule has 0 bridgehead atoms. The van der Waals surface area contributed by atoms with Crippen molar-refractivity contribution in [2.45, 2.75) is 6.10 Å². The molecule has 0 saturated carbocycles. The molecule has 0 spiro atoms. The molecule has 1 aromatic heterocycles. The van der Waals surface area contributed by atoms with Gasteiger partial charge in [0.05, 0.1) is 6.26 Å². The number of rotatable bonds is 7.